The molecule has 0 atom stereocenters. The van der Waals surface area contributed by atoms with Gasteiger partial charge in [-0.15, -0.1) is 0 Å². The lowest BCUT2D eigenvalue weighted by Gasteiger charge is -2.10. The smallest absolute Gasteiger partial charge is 0.160 e. The Morgan fingerprint density at radius 1 is 0.552 bits per heavy atom. The van der Waals surface area contributed by atoms with Crippen molar-refractivity contribution < 1.29 is 18.9 Å². The SMILES string of the molecule is COc1ccc(CCCCNCCCCc2ccc(OC)c(OC)c2)cc1OC. The second-order valence-corrected chi connectivity index (χ2v) is 7.04. The predicted molar refractivity (Wildman–Crippen MR) is 118 cm³/mol. The molecule has 0 heterocycles. The first-order valence-corrected chi connectivity index (χ1v) is 10.3. The fraction of sp³-hybridized carbons (Fsp3) is 0.500. The Morgan fingerprint density at radius 3 is 1.34 bits per heavy atom. The molecule has 2 rings (SSSR count). The number of hydrogen-bond acceptors (Lipinski definition) is 5. The molecule has 5 nitrogen and oxygen atoms in total. The lowest BCUT2D eigenvalue weighted by atomic mass is 10.1. The van der Waals surface area contributed by atoms with Crippen molar-refractivity contribution in [2.24, 2.45) is 0 Å². The molecule has 0 aromatic heterocycles. The van der Waals surface area contributed by atoms with Gasteiger partial charge in [0.2, 0.25) is 0 Å². The molecule has 2 aromatic rings. The van der Waals surface area contributed by atoms with Crippen LogP contribution < -0.4 is 24.3 Å². The summed E-state index contributed by atoms with van der Waals surface area (Å²) in [6, 6.07) is 12.3. The van der Waals surface area contributed by atoms with Gasteiger partial charge in [0.25, 0.3) is 0 Å². The van der Waals surface area contributed by atoms with Crippen LogP contribution in [-0.4, -0.2) is 41.5 Å². The summed E-state index contributed by atoms with van der Waals surface area (Å²) in [5.74, 6) is 3.17. The Bertz CT molecular complexity index is 671. The first-order chi connectivity index (χ1) is 14.2. The van der Waals surface area contributed by atoms with Crippen LogP contribution in [0, 0.1) is 0 Å². The maximum atomic E-state index is 5.37. The van der Waals surface area contributed by atoms with Crippen LogP contribution in [-0.2, 0) is 12.8 Å². The second kappa shape index (κ2) is 12.9. The highest BCUT2D eigenvalue weighted by atomic mass is 16.5. The number of methoxy groups -OCH3 is 4. The predicted octanol–water partition coefficient (Wildman–Crippen LogP) is 4.66. The molecule has 0 aliphatic rings. The minimum absolute atomic E-state index is 0.783. The van der Waals surface area contributed by atoms with Gasteiger partial charge in [0.1, 0.15) is 0 Å². The van der Waals surface area contributed by atoms with Crippen LogP contribution in [0.2, 0.25) is 0 Å². The lowest BCUT2D eigenvalue weighted by molar-refractivity contribution is 0.354. The first-order valence-electron chi connectivity index (χ1n) is 10.3. The van der Waals surface area contributed by atoms with Crippen molar-refractivity contribution >= 4 is 0 Å². The van der Waals surface area contributed by atoms with Gasteiger partial charge in [0.15, 0.2) is 23.0 Å². The van der Waals surface area contributed by atoms with E-state index in [0.29, 0.717) is 0 Å². The normalized spacial score (nSPS) is 10.6. The zero-order valence-electron chi connectivity index (χ0n) is 18.3. The zero-order chi connectivity index (χ0) is 20.9. The third-order valence-electron chi connectivity index (χ3n) is 5.03. The molecule has 29 heavy (non-hydrogen) atoms. The molecule has 1 N–H and O–H groups in total. The highest BCUT2D eigenvalue weighted by Gasteiger charge is 2.05. The minimum atomic E-state index is 0.783. The highest BCUT2D eigenvalue weighted by Crippen LogP contribution is 2.29. The van der Waals surface area contributed by atoms with Crippen molar-refractivity contribution in [3.8, 4) is 23.0 Å². The molecule has 2 aromatic carbocycles. The van der Waals surface area contributed by atoms with E-state index in [-0.39, 0.29) is 0 Å². The lowest BCUT2D eigenvalue weighted by Crippen LogP contribution is -2.16. The molecular weight excluding hydrogens is 366 g/mol. The van der Waals surface area contributed by atoms with Gasteiger partial charge >= 0.3 is 0 Å². The van der Waals surface area contributed by atoms with Crippen LogP contribution >= 0.6 is 0 Å². The van der Waals surface area contributed by atoms with Gasteiger partial charge in [0.05, 0.1) is 28.4 Å². The number of benzene rings is 2. The summed E-state index contributed by atoms with van der Waals surface area (Å²) in [6.45, 7) is 2.12. The number of unbranched alkanes of at least 4 members (excludes halogenated alkanes) is 2. The molecule has 0 radical (unpaired) electrons. The molecule has 160 valence electrons. The van der Waals surface area contributed by atoms with Crippen LogP contribution in [0.4, 0.5) is 0 Å². The van der Waals surface area contributed by atoms with Crippen LogP contribution in [0.1, 0.15) is 36.8 Å². The van der Waals surface area contributed by atoms with E-state index in [9.17, 15) is 0 Å². The summed E-state index contributed by atoms with van der Waals surface area (Å²) in [7, 11) is 6.68. The summed E-state index contributed by atoms with van der Waals surface area (Å²) in [5.41, 5.74) is 2.58. The van der Waals surface area contributed by atoms with Crippen molar-refractivity contribution in [1.29, 1.82) is 0 Å². The highest BCUT2D eigenvalue weighted by molar-refractivity contribution is 5.43. The Labute approximate surface area is 175 Å². The third kappa shape index (κ3) is 7.50. The van der Waals surface area contributed by atoms with E-state index in [1.54, 1.807) is 28.4 Å². The third-order valence-corrected chi connectivity index (χ3v) is 5.03. The van der Waals surface area contributed by atoms with E-state index in [1.165, 1.54) is 24.0 Å². The zero-order valence-corrected chi connectivity index (χ0v) is 18.3. The standard InChI is InChI=1S/C24H35NO4/c1-26-21-13-11-19(17-23(21)28-3)9-5-7-15-25-16-8-6-10-20-12-14-22(27-2)24(18-20)29-4/h11-14,17-18,25H,5-10,15-16H2,1-4H3. The van der Waals surface area contributed by atoms with Gasteiger partial charge in [-0.3, -0.25) is 0 Å². The van der Waals surface area contributed by atoms with Gasteiger partial charge in [-0.1, -0.05) is 12.1 Å². The van der Waals surface area contributed by atoms with Crippen molar-refractivity contribution in [2.45, 2.75) is 38.5 Å². The average molecular weight is 402 g/mol. The van der Waals surface area contributed by atoms with E-state index in [4.69, 9.17) is 18.9 Å². The fourth-order valence-corrected chi connectivity index (χ4v) is 3.36. The maximum absolute atomic E-state index is 5.37. The van der Waals surface area contributed by atoms with Gasteiger partial charge in [-0.05, 0) is 87.0 Å². The number of aryl methyl sites for hydroxylation is 2. The summed E-state index contributed by atoms with van der Waals surface area (Å²) in [4.78, 5) is 0. The van der Waals surface area contributed by atoms with Gasteiger partial charge in [-0.2, -0.15) is 0 Å². The van der Waals surface area contributed by atoms with Crippen molar-refractivity contribution in [1.82, 2.24) is 5.32 Å². The largest absolute Gasteiger partial charge is 0.493 e. The quantitative estimate of drug-likeness (QED) is 0.467. The van der Waals surface area contributed by atoms with Gasteiger partial charge in [-0.25, -0.2) is 0 Å². The molecule has 0 saturated heterocycles. The van der Waals surface area contributed by atoms with E-state index < -0.39 is 0 Å². The van der Waals surface area contributed by atoms with Crippen LogP contribution in [0.15, 0.2) is 36.4 Å². The monoisotopic (exact) mass is 401 g/mol. The van der Waals surface area contributed by atoms with Crippen LogP contribution in [0.3, 0.4) is 0 Å². The Hall–Kier alpha value is -2.40. The molecule has 0 saturated carbocycles. The Morgan fingerprint density at radius 2 is 0.966 bits per heavy atom. The van der Waals surface area contributed by atoms with E-state index >= 15 is 0 Å². The number of rotatable bonds is 14. The van der Waals surface area contributed by atoms with Crippen molar-refractivity contribution in [3.05, 3.63) is 47.5 Å². The number of ether oxygens (including phenoxy) is 4. The topological polar surface area (TPSA) is 49.0 Å². The second-order valence-electron chi connectivity index (χ2n) is 7.04. The van der Waals surface area contributed by atoms with Gasteiger partial charge < -0.3 is 24.3 Å². The Balaban J connectivity index is 1.55. The van der Waals surface area contributed by atoms with E-state index in [2.05, 4.69) is 29.6 Å². The summed E-state index contributed by atoms with van der Waals surface area (Å²) in [6.07, 6.45) is 6.78. The van der Waals surface area contributed by atoms with E-state index in [0.717, 1.165) is 61.8 Å². The fourth-order valence-electron chi connectivity index (χ4n) is 3.36. The first kappa shape index (κ1) is 22.9. The molecular formula is C24H35NO4. The van der Waals surface area contributed by atoms with Crippen LogP contribution in [0.25, 0.3) is 0 Å². The summed E-state index contributed by atoms with van der Waals surface area (Å²) >= 11 is 0. The average Bonchev–Trinajstić information content (AvgIpc) is 2.77. The summed E-state index contributed by atoms with van der Waals surface area (Å²) < 4.78 is 21.3. The van der Waals surface area contributed by atoms with Crippen molar-refractivity contribution in [2.75, 3.05) is 41.5 Å². The molecule has 0 fully saturated rings. The molecule has 0 aliphatic heterocycles. The molecule has 0 unspecified atom stereocenters. The van der Waals surface area contributed by atoms with Crippen LogP contribution in [0.5, 0.6) is 23.0 Å². The maximum Gasteiger partial charge on any atom is 0.160 e. The van der Waals surface area contributed by atoms with Crippen molar-refractivity contribution in [3.63, 3.8) is 0 Å². The van der Waals surface area contributed by atoms with E-state index in [1.807, 2.05) is 12.1 Å². The molecule has 0 aliphatic carbocycles. The summed E-state index contributed by atoms with van der Waals surface area (Å²) in [5, 5.41) is 3.55. The number of nitrogens with one attached hydrogen (secondary N) is 1. The Kier molecular flexibility index (Phi) is 10.2. The molecule has 0 spiro atoms. The molecule has 0 amide bonds. The molecule has 0 bridgehead atoms. The minimum Gasteiger partial charge on any atom is -0.493 e. The number of hydrogen-bond donors (Lipinski definition) is 1. The molecule has 5 heteroatoms. The van der Waals surface area contributed by atoms with Gasteiger partial charge in [0, 0.05) is 0 Å².